The van der Waals surface area contributed by atoms with Crippen molar-refractivity contribution in [1.82, 2.24) is 9.66 Å². The van der Waals surface area contributed by atoms with Crippen molar-refractivity contribution in [3.8, 4) is 22.8 Å². The predicted octanol–water partition coefficient (Wildman–Crippen LogP) is 4.83. The quantitative estimate of drug-likeness (QED) is 0.370. The van der Waals surface area contributed by atoms with Crippen molar-refractivity contribution in [3.05, 3.63) is 81.1 Å². The second kappa shape index (κ2) is 9.62. The minimum absolute atomic E-state index is 0.0116. The zero-order valence-corrected chi connectivity index (χ0v) is 20.3. The van der Waals surface area contributed by atoms with Crippen LogP contribution in [0, 0.1) is 0 Å². The molecule has 0 aliphatic carbocycles. The molecule has 0 saturated carbocycles. The minimum atomic E-state index is -0.185. The number of nitrogens with one attached hydrogen (secondary N) is 1. The van der Waals surface area contributed by atoms with E-state index in [-0.39, 0.29) is 12.5 Å². The molecule has 1 aliphatic rings. The number of nitrogens with zero attached hydrogens (tertiary/aromatic N) is 4. The SMILES string of the molecule is COc1ccc(Br)cc1C=Nn1c(-c2ccc3c(c2)NC(=O)CO3)csc1=Nc1cccnc1. The van der Waals surface area contributed by atoms with E-state index in [1.165, 1.54) is 11.3 Å². The topological polar surface area (TPSA) is 90.1 Å². The maximum Gasteiger partial charge on any atom is 0.262 e. The van der Waals surface area contributed by atoms with Crippen molar-refractivity contribution in [2.24, 2.45) is 10.1 Å². The zero-order valence-electron chi connectivity index (χ0n) is 17.9. The molecular formula is C24H18BrN5O3S. The molecule has 5 rings (SSSR count). The summed E-state index contributed by atoms with van der Waals surface area (Å²) in [6, 6.07) is 15.1. The largest absolute Gasteiger partial charge is 0.496 e. The molecule has 4 aromatic rings. The first kappa shape index (κ1) is 22.1. The number of methoxy groups -OCH3 is 1. The Morgan fingerprint density at radius 1 is 1.26 bits per heavy atom. The van der Waals surface area contributed by atoms with E-state index in [0.717, 1.165) is 21.3 Å². The lowest BCUT2D eigenvalue weighted by Gasteiger charge is -2.18. The molecule has 0 unspecified atom stereocenters. The first-order valence-corrected chi connectivity index (χ1v) is 11.9. The van der Waals surface area contributed by atoms with E-state index in [9.17, 15) is 4.79 Å². The van der Waals surface area contributed by atoms with Gasteiger partial charge in [0.25, 0.3) is 5.91 Å². The van der Waals surface area contributed by atoms with Crippen LogP contribution in [0.25, 0.3) is 11.3 Å². The lowest BCUT2D eigenvalue weighted by Crippen LogP contribution is -2.25. The molecule has 0 bridgehead atoms. The van der Waals surface area contributed by atoms with Gasteiger partial charge >= 0.3 is 0 Å². The van der Waals surface area contributed by atoms with Gasteiger partial charge in [-0.05, 0) is 48.5 Å². The van der Waals surface area contributed by atoms with Gasteiger partial charge in [-0.25, -0.2) is 9.67 Å². The monoisotopic (exact) mass is 535 g/mol. The number of thiazole rings is 1. The van der Waals surface area contributed by atoms with Crippen LogP contribution in [-0.4, -0.2) is 35.5 Å². The smallest absolute Gasteiger partial charge is 0.262 e. The Morgan fingerprint density at radius 2 is 2.18 bits per heavy atom. The van der Waals surface area contributed by atoms with Gasteiger partial charge in [0.2, 0.25) is 4.80 Å². The number of amides is 1. The molecule has 8 nitrogen and oxygen atoms in total. The van der Waals surface area contributed by atoms with Crippen LogP contribution in [0.4, 0.5) is 11.4 Å². The van der Waals surface area contributed by atoms with Gasteiger partial charge < -0.3 is 14.8 Å². The van der Waals surface area contributed by atoms with Crippen molar-refractivity contribution in [2.45, 2.75) is 0 Å². The van der Waals surface area contributed by atoms with Crippen LogP contribution in [0.1, 0.15) is 5.56 Å². The fourth-order valence-corrected chi connectivity index (χ4v) is 4.62. The molecule has 0 saturated heterocycles. The Kier molecular flexibility index (Phi) is 6.24. The number of carbonyl (C=O) groups is 1. The van der Waals surface area contributed by atoms with Crippen LogP contribution in [0.3, 0.4) is 0 Å². The summed E-state index contributed by atoms with van der Waals surface area (Å²) in [5.74, 6) is 1.14. The summed E-state index contributed by atoms with van der Waals surface area (Å²) in [6.45, 7) is 0.0116. The third kappa shape index (κ3) is 4.63. The Labute approximate surface area is 207 Å². The summed E-state index contributed by atoms with van der Waals surface area (Å²) in [5.41, 5.74) is 3.80. The highest BCUT2D eigenvalue weighted by Crippen LogP contribution is 2.33. The highest BCUT2D eigenvalue weighted by molar-refractivity contribution is 9.10. The van der Waals surface area contributed by atoms with Crippen LogP contribution in [0.15, 0.2) is 80.9 Å². The molecule has 1 amide bonds. The highest BCUT2D eigenvalue weighted by Gasteiger charge is 2.18. The van der Waals surface area contributed by atoms with E-state index >= 15 is 0 Å². The first-order valence-electron chi connectivity index (χ1n) is 10.2. The molecule has 1 aliphatic heterocycles. The molecule has 10 heteroatoms. The maximum atomic E-state index is 11.8. The van der Waals surface area contributed by atoms with Crippen molar-refractivity contribution in [2.75, 3.05) is 19.0 Å². The molecule has 2 aromatic carbocycles. The summed E-state index contributed by atoms with van der Waals surface area (Å²) in [6.07, 6.45) is 5.12. The van der Waals surface area contributed by atoms with Gasteiger partial charge in [-0.3, -0.25) is 9.78 Å². The molecule has 2 aromatic heterocycles. The minimum Gasteiger partial charge on any atom is -0.496 e. The maximum absolute atomic E-state index is 11.8. The van der Waals surface area contributed by atoms with E-state index in [2.05, 4.69) is 26.2 Å². The Balaban J connectivity index is 1.64. The normalized spacial score (nSPS) is 13.5. The number of benzene rings is 2. The number of pyridine rings is 1. The molecular weight excluding hydrogens is 518 g/mol. The molecule has 0 radical (unpaired) electrons. The first-order chi connectivity index (χ1) is 16.6. The number of hydrogen-bond donors (Lipinski definition) is 1. The van der Waals surface area contributed by atoms with Gasteiger partial charge in [-0.15, -0.1) is 11.3 Å². The van der Waals surface area contributed by atoms with E-state index in [1.54, 1.807) is 30.4 Å². The molecule has 34 heavy (non-hydrogen) atoms. The number of ether oxygens (including phenoxy) is 2. The fraction of sp³-hybridized carbons (Fsp3) is 0.0833. The number of halogens is 1. The summed E-state index contributed by atoms with van der Waals surface area (Å²) >= 11 is 4.95. The second-order valence-electron chi connectivity index (χ2n) is 7.22. The van der Waals surface area contributed by atoms with Gasteiger partial charge in [0.1, 0.15) is 11.5 Å². The number of fused-ring (bicyclic) bond motifs is 1. The number of rotatable bonds is 5. The zero-order chi connectivity index (χ0) is 23.5. The summed E-state index contributed by atoms with van der Waals surface area (Å²) in [4.78, 5) is 21.3. The number of anilines is 1. The predicted molar refractivity (Wildman–Crippen MR) is 135 cm³/mol. The Hall–Kier alpha value is -3.76. The van der Waals surface area contributed by atoms with Crippen LogP contribution in [-0.2, 0) is 4.79 Å². The molecule has 0 fully saturated rings. The van der Waals surface area contributed by atoms with Crippen LogP contribution in [0.2, 0.25) is 0 Å². The summed E-state index contributed by atoms with van der Waals surface area (Å²) in [7, 11) is 1.62. The lowest BCUT2D eigenvalue weighted by atomic mass is 10.1. The van der Waals surface area contributed by atoms with Gasteiger partial charge in [0.05, 0.1) is 36.6 Å². The third-order valence-corrected chi connectivity index (χ3v) is 6.28. The van der Waals surface area contributed by atoms with Crippen LogP contribution < -0.4 is 19.6 Å². The van der Waals surface area contributed by atoms with E-state index < -0.39 is 0 Å². The van der Waals surface area contributed by atoms with E-state index in [4.69, 9.17) is 19.6 Å². The number of aromatic nitrogens is 2. The molecule has 170 valence electrons. The molecule has 0 atom stereocenters. The average Bonchev–Trinajstić information content (AvgIpc) is 3.25. The number of carbonyl (C=O) groups excluding carboxylic acids is 1. The van der Waals surface area contributed by atoms with Crippen molar-refractivity contribution in [3.63, 3.8) is 0 Å². The third-order valence-electron chi connectivity index (χ3n) is 4.97. The van der Waals surface area contributed by atoms with E-state index in [0.29, 0.717) is 27.7 Å². The molecule has 1 N–H and O–H groups in total. The lowest BCUT2D eigenvalue weighted by molar-refractivity contribution is -0.118. The Bertz CT molecular complexity index is 1460. The molecule has 0 spiro atoms. The van der Waals surface area contributed by atoms with Crippen LogP contribution in [0.5, 0.6) is 11.5 Å². The van der Waals surface area contributed by atoms with Crippen molar-refractivity contribution < 1.29 is 14.3 Å². The van der Waals surface area contributed by atoms with Gasteiger partial charge in [0, 0.05) is 27.2 Å². The number of hydrogen-bond acceptors (Lipinski definition) is 7. The van der Waals surface area contributed by atoms with Crippen molar-refractivity contribution >= 4 is 50.8 Å². The fourth-order valence-electron chi connectivity index (χ4n) is 3.39. The second-order valence-corrected chi connectivity index (χ2v) is 8.97. The van der Waals surface area contributed by atoms with Crippen molar-refractivity contribution in [1.29, 1.82) is 0 Å². The van der Waals surface area contributed by atoms with Crippen LogP contribution >= 0.6 is 27.3 Å². The summed E-state index contributed by atoms with van der Waals surface area (Å²) < 4.78 is 13.6. The van der Waals surface area contributed by atoms with E-state index in [1.807, 2.05) is 53.9 Å². The summed E-state index contributed by atoms with van der Waals surface area (Å²) in [5, 5.41) is 9.58. The Morgan fingerprint density at radius 3 is 3.00 bits per heavy atom. The van der Waals surface area contributed by atoms with Gasteiger partial charge in [0.15, 0.2) is 6.61 Å². The van der Waals surface area contributed by atoms with Gasteiger partial charge in [-0.1, -0.05) is 15.9 Å². The standard InChI is InChI=1S/C24H18BrN5O3S/c1-32-21-7-5-17(25)9-16(21)11-27-30-20(14-34-24(30)28-18-3-2-8-26-12-18)15-4-6-22-19(10-15)29-23(31)13-33-22/h2-12,14H,13H2,1H3,(H,29,31). The molecule has 3 heterocycles. The highest BCUT2D eigenvalue weighted by atomic mass is 79.9. The van der Waals surface area contributed by atoms with Gasteiger partial charge in [-0.2, -0.15) is 5.10 Å². The average molecular weight is 536 g/mol.